The third-order valence-corrected chi connectivity index (χ3v) is 4.55. The maximum absolute atomic E-state index is 11.9. The monoisotopic (exact) mass is 296 g/mol. The van der Waals surface area contributed by atoms with Gasteiger partial charge >= 0.3 is 5.97 Å². The van der Waals surface area contributed by atoms with Gasteiger partial charge in [0, 0.05) is 6.54 Å². The quantitative estimate of drug-likeness (QED) is 0.856. The molecule has 2 aromatic heterocycles. The Bertz CT molecular complexity index is 575. The van der Waals surface area contributed by atoms with Crippen LogP contribution in [0.25, 0.3) is 0 Å². The topological polar surface area (TPSA) is 51.2 Å². The number of carbonyl (C=O) groups is 1. The van der Waals surface area contributed by atoms with Gasteiger partial charge in [-0.3, -0.25) is 0 Å². The van der Waals surface area contributed by atoms with Crippen molar-refractivity contribution in [1.29, 1.82) is 0 Å². The molecule has 0 aliphatic rings. The van der Waals surface area contributed by atoms with Crippen LogP contribution in [0, 0.1) is 13.8 Å². The molecular formula is C13H16N2O2S2. The average Bonchev–Trinajstić information content (AvgIpc) is 2.93. The van der Waals surface area contributed by atoms with E-state index >= 15 is 0 Å². The van der Waals surface area contributed by atoms with Gasteiger partial charge in [-0.1, -0.05) is 0 Å². The van der Waals surface area contributed by atoms with E-state index in [1.807, 2.05) is 6.92 Å². The standard InChI is InChI=1S/C13H16N2O2S2/c1-4-17-13(16)11-9(3)15-19-12(11)14-5-10-7-18-6-8(10)2/h6-7,14H,4-5H2,1-3H3. The molecule has 6 heteroatoms. The second kappa shape index (κ2) is 6.16. The van der Waals surface area contributed by atoms with Gasteiger partial charge in [0.05, 0.1) is 12.3 Å². The molecule has 0 aliphatic heterocycles. The average molecular weight is 296 g/mol. The van der Waals surface area contributed by atoms with Crippen LogP contribution >= 0.6 is 22.9 Å². The highest BCUT2D eigenvalue weighted by Gasteiger charge is 2.19. The summed E-state index contributed by atoms with van der Waals surface area (Å²) in [4.78, 5) is 11.9. The van der Waals surface area contributed by atoms with Crippen molar-refractivity contribution in [2.75, 3.05) is 11.9 Å². The summed E-state index contributed by atoms with van der Waals surface area (Å²) in [5.74, 6) is -0.307. The van der Waals surface area contributed by atoms with E-state index in [-0.39, 0.29) is 5.97 Å². The van der Waals surface area contributed by atoms with Crippen molar-refractivity contribution in [1.82, 2.24) is 4.37 Å². The molecule has 2 rings (SSSR count). The van der Waals surface area contributed by atoms with Gasteiger partial charge in [-0.2, -0.15) is 15.7 Å². The van der Waals surface area contributed by atoms with E-state index in [2.05, 4.69) is 27.4 Å². The molecule has 0 atom stereocenters. The van der Waals surface area contributed by atoms with Crippen LogP contribution in [-0.2, 0) is 11.3 Å². The highest BCUT2D eigenvalue weighted by molar-refractivity contribution is 7.10. The summed E-state index contributed by atoms with van der Waals surface area (Å²) < 4.78 is 9.28. The van der Waals surface area contributed by atoms with Crippen LogP contribution in [0.15, 0.2) is 10.8 Å². The molecule has 19 heavy (non-hydrogen) atoms. The molecule has 0 saturated heterocycles. The third kappa shape index (κ3) is 3.13. The van der Waals surface area contributed by atoms with Gasteiger partial charge in [-0.15, -0.1) is 0 Å². The SMILES string of the molecule is CCOC(=O)c1c(C)nsc1NCc1cscc1C. The van der Waals surface area contributed by atoms with Crippen LogP contribution < -0.4 is 5.32 Å². The molecule has 0 bridgehead atoms. The zero-order valence-electron chi connectivity index (χ0n) is 11.1. The molecule has 0 spiro atoms. The first-order valence-electron chi connectivity index (χ1n) is 6.02. The van der Waals surface area contributed by atoms with Gasteiger partial charge in [0.15, 0.2) is 0 Å². The number of carbonyl (C=O) groups excluding carboxylic acids is 1. The number of anilines is 1. The van der Waals surface area contributed by atoms with Crippen LogP contribution in [0.1, 0.15) is 34.1 Å². The lowest BCUT2D eigenvalue weighted by atomic mass is 10.2. The molecule has 1 N–H and O–H groups in total. The molecular weight excluding hydrogens is 280 g/mol. The number of hydrogen-bond acceptors (Lipinski definition) is 6. The Labute approximate surface area is 120 Å². The van der Waals surface area contributed by atoms with Crippen LogP contribution in [0.5, 0.6) is 0 Å². The molecule has 102 valence electrons. The number of aromatic nitrogens is 1. The number of hydrogen-bond donors (Lipinski definition) is 1. The van der Waals surface area contributed by atoms with Crippen LogP contribution in [0.3, 0.4) is 0 Å². The minimum atomic E-state index is -0.307. The Morgan fingerprint density at radius 3 is 2.84 bits per heavy atom. The zero-order valence-corrected chi connectivity index (χ0v) is 12.8. The Hall–Kier alpha value is -1.40. The number of rotatable bonds is 5. The first kappa shape index (κ1) is 14.0. The zero-order chi connectivity index (χ0) is 13.8. The summed E-state index contributed by atoms with van der Waals surface area (Å²) >= 11 is 2.98. The summed E-state index contributed by atoms with van der Waals surface area (Å²) in [5, 5.41) is 8.28. The Morgan fingerprint density at radius 1 is 1.42 bits per heavy atom. The van der Waals surface area contributed by atoms with Crippen molar-refractivity contribution in [3.05, 3.63) is 33.1 Å². The second-order valence-electron chi connectivity index (χ2n) is 4.13. The highest BCUT2D eigenvalue weighted by Crippen LogP contribution is 2.26. The molecule has 0 fully saturated rings. The van der Waals surface area contributed by atoms with E-state index in [1.165, 1.54) is 22.7 Å². The van der Waals surface area contributed by atoms with Gasteiger partial charge in [-0.25, -0.2) is 4.79 Å². The summed E-state index contributed by atoms with van der Waals surface area (Å²) in [7, 11) is 0. The first-order valence-corrected chi connectivity index (χ1v) is 7.74. The predicted molar refractivity (Wildman–Crippen MR) is 79.2 cm³/mol. The molecule has 0 saturated carbocycles. The van der Waals surface area contributed by atoms with E-state index in [9.17, 15) is 4.79 Å². The van der Waals surface area contributed by atoms with Crippen molar-refractivity contribution in [3.63, 3.8) is 0 Å². The molecule has 4 nitrogen and oxygen atoms in total. The number of nitrogens with zero attached hydrogens (tertiary/aromatic N) is 1. The van der Waals surface area contributed by atoms with Crippen LogP contribution in [0.4, 0.5) is 5.00 Å². The summed E-state index contributed by atoms with van der Waals surface area (Å²) in [6.45, 7) is 6.77. The highest BCUT2D eigenvalue weighted by atomic mass is 32.1. The van der Waals surface area contributed by atoms with E-state index in [0.717, 1.165) is 5.00 Å². The van der Waals surface area contributed by atoms with Gasteiger partial charge < -0.3 is 10.1 Å². The fraction of sp³-hybridized carbons (Fsp3) is 0.385. The lowest BCUT2D eigenvalue weighted by Crippen LogP contribution is -2.09. The van der Waals surface area contributed by atoms with E-state index in [4.69, 9.17) is 4.74 Å². The Kier molecular flexibility index (Phi) is 4.55. The fourth-order valence-electron chi connectivity index (χ4n) is 1.68. The Morgan fingerprint density at radius 2 is 2.21 bits per heavy atom. The van der Waals surface area contributed by atoms with Crippen molar-refractivity contribution < 1.29 is 9.53 Å². The molecule has 2 aromatic rings. The number of aryl methyl sites for hydroxylation is 2. The lowest BCUT2D eigenvalue weighted by Gasteiger charge is -2.06. The maximum Gasteiger partial charge on any atom is 0.343 e. The molecule has 0 amide bonds. The number of esters is 1. The van der Waals surface area contributed by atoms with Gasteiger partial charge in [0.25, 0.3) is 0 Å². The first-order chi connectivity index (χ1) is 9.13. The third-order valence-electron chi connectivity index (χ3n) is 2.74. The van der Waals surface area contributed by atoms with Gasteiger partial charge in [0.2, 0.25) is 0 Å². The van der Waals surface area contributed by atoms with E-state index < -0.39 is 0 Å². The molecule has 0 unspecified atom stereocenters. The molecule has 2 heterocycles. The minimum Gasteiger partial charge on any atom is -0.462 e. The maximum atomic E-state index is 11.9. The fourth-order valence-corrected chi connectivity index (χ4v) is 3.31. The van der Waals surface area contributed by atoms with E-state index in [0.29, 0.717) is 24.4 Å². The van der Waals surface area contributed by atoms with Gasteiger partial charge in [-0.05, 0) is 54.2 Å². The van der Waals surface area contributed by atoms with Crippen molar-refractivity contribution in [2.45, 2.75) is 27.3 Å². The smallest absolute Gasteiger partial charge is 0.343 e. The molecule has 0 radical (unpaired) electrons. The number of thiophene rings is 1. The van der Waals surface area contributed by atoms with Crippen molar-refractivity contribution in [2.24, 2.45) is 0 Å². The molecule has 0 aliphatic carbocycles. The number of ether oxygens (including phenoxy) is 1. The second-order valence-corrected chi connectivity index (χ2v) is 5.64. The predicted octanol–water partition coefficient (Wildman–Crippen LogP) is 3.61. The summed E-state index contributed by atoms with van der Waals surface area (Å²) in [6.07, 6.45) is 0. The van der Waals surface area contributed by atoms with Crippen molar-refractivity contribution in [3.8, 4) is 0 Å². The van der Waals surface area contributed by atoms with E-state index in [1.54, 1.807) is 18.3 Å². The molecule has 0 aromatic carbocycles. The van der Waals surface area contributed by atoms with Gasteiger partial charge in [0.1, 0.15) is 10.6 Å². The number of nitrogens with one attached hydrogen (secondary N) is 1. The largest absolute Gasteiger partial charge is 0.462 e. The normalized spacial score (nSPS) is 10.5. The Balaban J connectivity index is 2.13. The summed E-state index contributed by atoms with van der Waals surface area (Å²) in [5.41, 5.74) is 3.77. The minimum absolute atomic E-state index is 0.307. The van der Waals surface area contributed by atoms with Crippen LogP contribution in [-0.4, -0.2) is 16.9 Å². The summed E-state index contributed by atoms with van der Waals surface area (Å²) in [6, 6.07) is 0. The van der Waals surface area contributed by atoms with Crippen molar-refractivity contribution >= 4 is 33.8 Å². The lowest BCUT2D eigenvalue weighted by molar-refractivity contribution is 0.0527. The van der Waals surface area contributed by atoms with Crippen LogP contribution in [0.2, 0.25) is 0 Å².